The molecular weight excluding hydrogens is 445 g/mol. The first-order valence-electron chi connectivity index (χ1n) is 9.08. The fourth-order valence-corrected chi connectivity index (χ4v) is 3.26. The Kier molecular flexibility index (Phi) is 7.07. The van der Waals surface area contributed by atoms with Gasteiger partial charge in [0.1, 0.15) is 11.8 Å². The molecule has 32 heavy (non-hydrogen) atoms. The Morgan fingerprint density at radius 3 is 2.56 bits per heavy atom. The molecule has 0 saturated heterocycles. The van der Waals surface area contributed by atoms with E-state index < -0.39 is 18.7 Å². The number of amides is 2. The number of hydrogen-bond donors (Lipinski definition) is 2. The molecular formula is C21H15F3N4O3S. The van der Waals surface area contributed by atoms with E-state index >= 15 is 0 Å². The number of carbonyl (C=O) groups is 2. The van der Waals surface area contributed by atoms with E-state index in [0.29, 0.717) is 16.4 Å². The van der Waals surface area contributed by atoms with Crippen molar-refractivity contribution in [3.8, 4) is 11.8 Å². The van der Waals surface area contributed by atoms with Crippen LogP contribution in [0.4, 0.5) is 24.0 Å². The van der Waals surface area contributed by atoms with Crippen molar-refractivity contribution in [3.05, 3.63) is 70.7 Å². The second-order valence-corrected chi connectivity index (χ2v) is 7.27. The number of rotatable bonds is 7. The number of halogens is 3. The van der Waals surface area contributed by atoms with Gasteiger partial charge in [0.2, 0.25) is 5.91 Å². The van der Waals surface area contributed by atoms with E-state index in [2.05, 4.69) is 20.4 Å². The van der Waals surface area contributed by atoms with Crippen molar-refractivity contribution >= 4 is 34.0 Å². The Morgan fingerprint density at radius 2 is 1.88 bits per heavy atom. The normalized spacial score (nSPS) is 10.8. The largest absolute Gasteiger partial charge is 0.483 e. The number of nitriles is 1. The Hall–Kier alpha value is -3.91. The van der Waals surface area contributed by atoms with Gasteiger partial charge in [-0.3, -0.25) is 14.9 Å². The summed E-state index contributed by atoms with van der Waals surface area (Å²) in [6.07, 6.45) is -4.64. The summed E-state index contributed by atoms with van der Waals surface area (Å²) in [5, 5.41) is 16.3. The molecule has 1 aromatic heterocycles. The van der Waals surface area contributed by atoms with E-state index in [0.717, 1.165) is 11.3 Å². The zero-order chi connectivity index (χ0) is 23.1. The highest BCUT2D eigenvalue weighted by Gasteiger charge is 2.29. The van der Waals surface area contributed by atoms with Gasteiger partial charge >= 0.3 is 6.18 Å². The van der Waals surface area contributed by atoms with Crippen LogP contribution in [-0.2, 0) is 11.2 Å². The van der Waals surface area contributed by atoms with E-state index in [-0.39, 0.29) is 29.3 Å². The molecule has 3 aromatic rings. The van der Waals surface area contributed by atoms with Crippen LogP contribution in [0.1, 0.15) is 21.6 Å². The van der Waals surface area contributed by atoms with E-state index in [4.69, 9.17) is 5.26 Å². The molecule has 2 N–H and O–H groups in total. The van der Waals surface area contributed by atoms with Gasteiger partial charge in [0.05, 0.1) is 17.7 Å². The monoisotopic (exact) mass is 460 g/mol. The van der Waals surface area contributed by atoms with Gasteiger partial charge in [-0.25, -0.2) is 4.98 Å². The Bertz CT molecular complexity index is 1160. The predicted molar refractivity (Wildman–Crippen MR) is 112 cm³/mol. The fourth-order valence-electron chi connectivity index (χ4n) is 2.55. The summed E-state index contributed by atoms with van der Waals surface area (Å²) in [6.45, 7) is -1.53. The summed E-state index contributed by atoms with van der Waals surface area (Å²) in [6, 6.07) is 14.0. The maximum absolute atomic E-state index is 12.3. The summed E-state index contributed by atoms with van der Waals surface area (Å²) >= 11 is 1.16. The Morgan fingerprint density at radius 1 is 1.12 bits per heavy atom. The highest BCUT2D eigenvalue weighted by Crippen LogP contribution is 2.25. The predicted octanol–water partition coefficient (Wildman–Crippen LogP) is 4.39. The van der Waals surface area contributed by atoms with E-state index in [9.17, 15) is 22.8 Å². The summed E-state index contributed by atoms with van der Waals surface area (Å²) in [4.78, 5) is 28.6. The maximum Gasteiger partial charge on any atom is 0.422 e. The molecule has 0 spiro atoms. The van der Waals surface area contributed by atoms with Gasteiger partial charge in [-0.15, -0.1) is 11.3 Å². The van der Waals surface area contributed by atoms with Gasteiger partial charge < -0.3 is 10.1 Å². The van der Waals surface area contributed by atoms with Crippen molar-refractivity contribution in [1.29, 1.82) is 5.26 Å². The zero-order valence-corrected chi connectivity index (χ0v) is 17.1. The van der Waals surface area contributed by atoms with Crippen LogP contribution >= 0.6 is 11.3 Å². The highest BCUT2D eigenvalue weighted by atomic mass is 32.1. The van der Waals surface area contributed by atoms with Crippen LogP contribution in [0.2, 0.25) is 0 Å². The van der Waals surface area contributed by atoms with Crippen LogP contribution in [0.5, 0.6) is 5.75 Å². The van der Waals surface area contributed by atoms with Crippen molar-refractivity contribution in [2.75, 3.05) is 17.2 Å². The second kappa shape index (κ2) is 9.93. The van der Waals surface area contributed by atoms with Crippen LogP contribution in [0, 0.1) is 11.3 Å². The fraction of sp³-hybridized carbons (Fsp3) is 0.143. The van der Waals surface area contributed by atoms with E-state index in [1.165, 1.54) is 18.2 Å². The number of carbonyl (C=O) groups excluding carboxylic acids is 2. The minimum absolute atomic E-state index is 0.105. The molecule has 0 radical (unpaired) electrons. The van der Waals surface area contributed by atoms with Gasteiger partial charge in [-0.2, -0.15) is 18.4 Å². The molecule has 0 bridgehead atoms. The first-order valence-corrected chi connectivity index (χ1v) is 9.96. The average molecular weight is 460 g/mol. The summed E-state index contributed by atoms with van der Waals surface area (Å²) in [5.41, 5.74) is 0.963. The van der Waals surface area contributed by atoms with Crippen LogP contribution in [0.25, 0.3) is 0 Å². The molecule has 0 fully saturated rings. The molecule has 0 unspecified atom stereocenters. The standard InChI is InChI=1S/C21H15F3N4O3S/c22-21(23,24)12-31-17-7-6-15(8-14(17)10-25)26-18(29)9-16-11-32-20(27-16)28-19(30)13-4-2-1-3-5-13/h1-8,11H,9,12H2,(H,26,29)(H,27,28,30). The molecule has 0 aliphatic rings. The van der Waals surface area contributed by atoms with Crippen LogP contribution in [0.15, 0.2) is 53.9 Å². The summed E-state index contributed by atoms with van der Waals surface area (Å²) < 4.78 is 41.5. The third-order valence-electron chi connectivity index (χ3n) is 3.92. The van der Waals surface area contributed by atoms with E-state index in [1.807, 2.05) is 0 Å². The van der Waals surface area contributed by atoms with Gasteiger partial charge in [0, 0.05) is 16.6 Å². The molecule has 11 heteroatoms. The lowest BCUT2D eigenvalue weighted by Crippen LogP contribution is -2.19. The van der Waals surface area contributed by atoms with Gasteiger partial charge in [0.25, 0.3) is 5.91 Å². The van der Waals surface area contributed by atoms with Gasteiger partial charge in [-0.05, 0) is 30.3 Å². The summed E-state index contributed by atoms with van der Waals surface area (Å²) in [7, 11) is 0. The van der Waals surface area contributed by atoms with E-state index in [1.54, 1.807) is 41.8 Å². The van der Waals surface area contributed by atoms with Crippen molar-refractivity contribution in [1.82, 2.24) is 4.98 Å². The van der Waals surface area contributed by atoms with Gasteiger partial charge in [-0.1, -0.05) is 18.2 Å². The molecule has 2 aromatic carbocycles. The summed E-state index contributed by atoms with van der Waals surface area (Å²) in [5.74, 6) is -1.02. The van der Waals surface area contributed by atoms with Gasteiger partial charge in [0.15, 0.2) is 11.7 Å². The van der Waals surface area contributed by atoms with Crippen molar-refractivity contribution in [2.45, 2.75) is 12.6 Å². The lowest BCUT2D eigenvalue weighted by molar-refractivity contribution is -0.153. The maximum atomic E-state index is 12.3. The number of hydrogen-bond acceptors (Lipinski definition) is 6. The molecule has 0 saturated carbocycles. The van der Waals surface area contributed by atoms with Crippen LogP contribution in [0.3, 0.4) is 0 Å². The van der Waals surface area contributed by atoms with Crippen LogP contribution in [-0.4, -0.2) is 29.6 Å². The minimum Gasteiger partial charge on any atom is -0.483 e. The first-order chi connectivity index (χ1) is 15.2. The Balaban J connectivity index is 1.58. The van der Waals surface area contributed by atoms with Crippen LogP contribution < -0.4 is 15.4 Å². The molecule has 0 atom stereocenters. The number of nitrogens with one attached hydrogen (secondary N) is 2. The topological polar surface area (TPSA) is 104 Å². The molecule has 2 amide bonds. The van der Waals surface area contributed by atoms with Crippen molar-refractivity contribution in [2.24, 2.45) is 0 Å². The molecule has 7 nitrogen and oxygen atoms in total. The number of ether oxygens (including phenoxy) is 1. The molecule has 164 valence electrons. The molecule has 0 aliphatic heterocycles. The molecule has 1 heterocycles. The quantitative estimate of drug-likeness (QED) is 0.544. The lowest BCUT2D eigenvalue weighted by atomic mass is 10.2. The first kappa shape index (κ1) is 22.8. The number of thiazole rings is 1. The third-order valence-corrected chi connectivity index (χ3v) is 4.73. The highest BCUT2D eigenvalue weighted by molar-refractivity contribution is 7.14. The zero-order valence-electron chi connectivity index (χ0n) is 16.3. The SMILES string of the molecule is N#Cc1cc(NC(=O)Cc2csc(NC(=O)c3ccccc3)n2)ccc1OCC(F)(F)F. The molecule has 0 aliphatic carbocycles. The number of alkyl halides is 3. The number of anilines is 2. The number of nitrogens with zero attached hydrogens (tertiary/aromatic N) is 2. The smallest absolute Gasteiger partial charge is 0.422 e. The number of aromatic nitrogens is 1. The van der Waals surface area contributed by atoms with Crippen molar-refractivity contribution in [3.63, 3.8) is 0 Å². The molecule has 3 rings (SSSR count). The average Bonchev–Trinajstić information content (AvgIpc) is 3.19. The third kappa shape index (κ3) is 6.55. The second-order valence-electron chi connectivity index (χ2n) is 6.42. The van der Waals surface area contributed by atoms with Crippen molar-refractivity contribution < 1.29 is 27.5 Å². The lowest BCUT2D eigenvalue weighted by Gasteiger charge is -2.11. The Labute approximate surface area is 184 Å². The minimum atomic E-state index is -4.54. The number of benzene rings is 2.